The van der Waals surface area contributed by atoms with Gasteiger partial charge < -0.3 is 14.6 Å². The first-order chi connectivity index (χ1) is 14.1. The van der Waals surface area contributed by atoms with Gasteiger partial charge in [0.15, 0.2) is 0 Å². The molecule has 1 unspecified atom stereocenters. The van der Waals surface area contributed by atoms with E-state index in [4.69, 9.17) is 9.72 Å². The molecule has 1 N–H and O–H groups in total. The Bertz CT molecular complexity index is 1180. The van der Waals surface area contributed by atoms with Gasteiger partial charge in [-0.25, -0.2) is 4.98 Å². The molecule has 5 rings (SSSR count). The summed E-state index contributed by atoms with van der Waals surface area (Å²) in [5, 5.41) is 0. The lowest BCUT2D eigenvalue weighted by molar-refractivity contribution is 0.0618. The van der Waals surface area contributed by atoms with E-state index >= 15 is 0 Å². The maximum atomic E-state index is 13.4. The summed E-state index contributed by atoms with van der Waals surface area (Å²) in [6.45, 7) is 2.54. The van der Waals surface area contributed by atoms with E-state index in [0.29, 0.717) is 6.54 Å². The highest BCUT2D eigenvalue weighted by Crippen LogP contribution is 2.44. The Morgan fingerprint density at radius 2 is 1.72 bits per heavy atom. The molecule has 1 aliphatic heterocycles. The maximum absolute atomic E-state index is 13.4. The highest BCUT2D eigenvalue weighted by Gasteiger charge is 2.49. The van der Waals surface area contributed by atoms with Gasteiger partial charge in [-0.1, -0.05) is 42.5 Å². The van der Waals surface area contributed by atoms with E-state index in [9.17, 15) is 4.79 Å². The van der Waals surface area contributed by atoms with E-state index in [2.05, 4.69) is 11.9 Å². The van der Waals surface area contributed by atoms with Crippen LogP contribution in [0.3, 0.4) is 0 Å². The SMILES string of the molecule is COc1ccc(CN2C(=O)c3ccccc3C2(C)c2nc3ccccc3[nH]2)cc1. The molecule has 5 nitrogen and oxygen atoms in total. The van der Waals surface area contributed by atoms with Crippen molar-refractivity contribution in [1.29, 1.82) is 0 Å². The van der Waals surface area contributed by atoms with E-state index in [1.54, 1.807) is 7.11 Å². The summed E-state index contributed by atoms with van der Waals surface area (Å²) in [5.74, 6) is 1.58. The van der Waals surface area contributed by atoms with Gasteiger partial charge in [-0.3, -0.25) is 4.79 Å². The van der Waals surface area contributed by atoms with Crippen molar-refractivity contribution in [2.75, 3.05) is 7.11 Å². The number of aromatic amines is 1. The average Bonchev–Trinajstić information content (AvgIpc) is 3.29. The first-order valence-electron chi connectivity index (χ1n) is 9.61. The molecule has 5 heteroatoms. The summed E-state index contributed by atoms with van der Waals surface area (Å²) < 4.78 is 5.26. The predicted octanol–water partition coefficient (Wildman–Crippen LogP) is 4.49. The first kappa shape index (κ1) is 17.5. The number of carbonyl (C=O) groups is 1. The molecule has 1 aliphatic rings. The second-order valence-corrected chi connectivity index (χ2v) is 7.46. The zero-order chi connectivity index (χ0) is 20.0. The number of fused-ring (bicyclic) bond motifs is 2. The molecule has 1 atom stereocenters. The number of H-pyrrole nitrogens is 1. The van der Waals surface area contributed by atoms with Crippen LogP contribution in [0, 0.1) is 0 Å². The number of ether oxygens (including phenoxy) is 1. The van der Waals surface area contributed by atoms with Crippen LogP contribution in [0.25, 0.3) is 11.0 Å². The molecule has 0 bridgehead atoms. The number of hydrogen-bond acceptors (Lipinski definition) is 3. The highest BCUT2D eigenvalue weighted by molar-refractivity contribution is 6.00. The van der Waals surface area contributed by atoms with E-state index in [1.807, 2.05) is 77.7 Å². The number of aromatic nitrogens is 2. The van der Waals surface area contributed by atoms with Crippen molar-refractivity contribution in [3.05, 3.63) is 95.3 Å². The normalized spacial score (nSPS) is 18.3. The topological polar surface area (TPSA) is 58.2 Å². The van der Waals surface area contributed by atoms with Crippen LogP contribution in [0.1, 0.15) is 34.2 Å². The average molecular weight is 383 g/mol. The zero-order valence-electron chi connectivity index (χ0n) is 16.3. The van der Waals surface area contributed by atoms with Gasteiger partial charge in [-0.2, -0.15) is 0 Å². The second-order valence-electron chi connectivity index (χ2n) is 7.46. The van der Waals surface area contributed by atoms with Gasteiger partial charge in [0.2, 0.25) is 0 Å². The standard InChI is InChI=1S/C24H21N3O2/c1-24(23-25-20-9-5-6-10-21(20)26-23)19-8-4-3-7-18(19)22(28)27(24)15-16-11-13-17(29-2)14-12-16/h3-14H,15H2,1-2H3,(H,25,26). The predicted molar refractivity (Wildman–Crippen MR) is 112 cm³/mol. The summed E-state index contributed by atoms with van der Waals surface area (Å²) in [5.41, 5.74) is 3.90. The van der Waals surface area contributed by atoms with Crippen LogP contribution in [0.2, 0.25) is 0 Å². The fourth-order valence-electron chi connectivity index (χ4n) is 4.17. The van der Waals surface area contributed by atoms with Crippen LogP contribution in [-0.2, 0) is 12.1 Å². The molecular weight excluding hydrogens is 362 g/mol. The number of nitrogens with zero attached hydrogens (tertiary/aromatic N) is 2. The maximum Gasteiger partial charge on any atom is 0.255 e. The minimum absolute atomic E-state index is 0.0133. The van der Waals surface area contributed by atoms with Crippen LogP contribution >= 0.6 is 0 Å². The van der Waals surface area contributed by atoms with Crippen molar-refractivity contribution in [2.45, 2.75) is 19.0 Å². The molecule has 0 radical (unpaired) electrons. The van der Waals surface area contributed by atoms with E-state index < -0.39 is 5.54 Å². The molecule has 0 aliphatic carbocycles. The fraction of sp³-hybridized carbons (Fsp3) is 0.167. The number of imidazole rings is 1. The molecule has 0 fully saturated rings. The summed E-state index contributed by atoms with van der Waals surface area (Å²) in [7, 11) is 1.65. The first-order valence-corrected chi connectivity index (χ1v) is 9.61. The van der Waals surface area contributed by atoms with Gasteiger partial charge in [0.25, 0.3) is 5.91 Å². The number of hydrogen-bond donors (Lipinski definition) is 1. The van der Waals surface area contributed by atoms with Gasteiger partial charge in [0, 0.05) is 12.1 Å². The molecule has 0 saturated heterocycles. The van der Waals surface area contributed by atoms with Crippen LogP contribution in [-0.4, -0.2) is 27.9 Å². The number of rotatable bonds is 4. The monoisotopic (exact) mass is 383 g/mol. The molecule has 1 aromatic heterocycles. The largest absolute Gasteiger partial charge is 0.497 e. The number of methoxy groups -OCH3 is 1. The molecule has 3 aromatic carbocycles. The lowest BCUT2D eigenvalue weighted by Crippen LogP contribution is -2.42. The lowest BCUT2D eigenvalue weighted by Gasteiger charge is -2.34. The highest BCUT2D eigenvalue weighted by atomic mass is 16.5. The Morgan fingerprint density at radius 3 is 2.48 bits per heavy atom. The van der Waals surface area contributed by atoms with Gasteiger partial charge in [0.1, 0.15) is 17.1 Å². The quantitative estimate of drug-likeness (QED) is 0.565. The van der Waals surface area contributed by atoms with Gasteiger partial charge >= 0.3 is 0 Å². The van der Waals surface area contributed by atoms with Gasteiger partial charge in [-0.05, 0) is 48.4 Å². The Kier molecular flexibility index (Phi) is 3.91. The van der Waals surface area contributed by atoms with Crippen molar-refractivity contribution in [1.82, 2.24) is 14.9 Å². The Morgan fingerprint density at radius 1 is 1.00 bits per heavy atom. The van der Waals surface area contributed by atoms with E-state index in [-0.39, 0.29) is 5.91 Å². The van der Waals surface area contributed by atoms with Gasteiger partial charge in [-0.15, -0.1) is 0 Å². The smallest absolute Gasteiger partial charge is 0.255 e. The van der Waals surface area contributed by atoms with Crippen LogP contribution in [0.15, 0.2) is 72.8 Å². The third-order valence-electron chi connectivity index (χ3n) is 5.82. The minimum atomic E-state index is -0.688. The van der Waals surface area contributed by atoms with Gasteiger partial charge in [0.05, 0.1) is 18.1 Å². The van der Waals surface area contributed by atoms with Crippen LogP contribution < -0.4 is 4.74 Å². The van der Waals surface area contributed by atoms with Crippen LogP contribution in [0.5, 0.6) is 5.75 Å². The van der Waals surface area contributed by atoms with E-state index in [0.717, 1.165) is 39.3 Å². The zero-order valence-corrected chi connectivity index (χ0v) is 16.3. The summed E-state index contributed by atoms with van der Waals surface area (Å²) in [6.07, 6.45) is 0. The molecule has 29 heavy (non-hydrogen) atoms. The Labute approximate surface area is 169 Å². The summed E-state index contributed by atoms with van der Waals surface area (Å²) in [4.78, 5) is 23.6. The van der Waals surface area contributed by atoms with Crippen LogP contribution in [0.4, 0.5) is 0 Å². The Hall–Kier alpha value is -3.60. The van der Waals surface area contributed by atoms with E-state index in [1.165, 1.54) is 0 Å². The third-order valence-corrected chi connectivity index (χ3v) is 5.82. The van der Waals surface area contributed by atoms with Crippen molar-refractivity contribution in [2.24, 2.45) is 0 Å². The number of nitrogens with one attached hydrogen (secondary N) is 1. The number of benzene rings is 3. The molecular formula is C24H21N3O2. The van der Waals surface area contributed by atoms with Crippen molar-refractivity contribution >= 4 is 16.9 Å². The summed E-state index contributed by atoms with van der Waals surface area (Å²) >= 11 is 0. The molecule has 0 spiro atoms. The van der Waals surface area contributed by atoms with Crippen molar-refractivity contribution in [3.63, 3.8) is 0 Å². The molecule has 144 valence electrons. The minimum Gasteiger partial charge on any atom is -0.497 e. The van der Waals surface area contributed by atoms with Crippen molar-refractivity contribution in [3.8, 4) is 5.75 Å². The second kappa shape index (κ2) is 6.48. The third kappa shape index (κ3) is 2.62. The Balaban J connectivity index is 1.64. The number of carbonyl (C=O) groups excluding carboxylic acids is 1. The molecule has 1 amide bonds. The molecule has 4 aromatic rings. The molecule has 0 saturated carbocycles. The number of amides is 1. The number of para-hydroxylation sites is 2. The van der Waals surface area contributed by atoms with Crippen molar-refractivity contribution < 1.29 is 9.53 Å². The molecule has 2 heterocycles. The fourth-order valence-corrected chi connectivity index (χ4v) is 4.17. The lowest BCUT2D eigenvalue weighted by atomic mass is 9.90. The summed E-state index contributed by atoms with van der Waals surface area (Å²) in [6, 6.07) is 23.6.